The van der Waals surface area contributed by atoms with E-state index in [0.717, 1.165) is 33.3 Å². The molecule has 0 aliphatic carbocycles. The molecular weight excluding hydrogens is 248 g/mol. The lowest BCUT2D eigenvalue weighted by Crippen LogP contribution is -2.05. The summed E-state index contributed by atoms with van der Waals surface area (Å²) in [6, 6.07) is 11.8. The average Bonchev–Trinajstić information content (AvgIpc) is 2.46. The van der Waals surface area contributed by atoms with Gasteiger partial charge in [-0.05, 0) is 25.3 Å². The number of hydrogen-bond acceptors (Lipinski definition) is 3. The van der Waals surface area contributed by atoms with Crippen molar-refractivity contribution >= 4 is 10.8 Å². The summed E-state index contributed by atoms with van der Waals surface area (Å²) in [6.45, 7) is 3.87. The minimum atomic E-state index is -0.707. The SMILES string of the molecule is Cc1ccc(C(O)c2cncc3ccccc23)c(C)n1. The summed E-state index contributed by atoms with van der Waals surface area (Å²) in [5.41, 5.74) is 3.45. The van der Waals surface area contributed by atoms with Gasteiger partial charge in [0.05, 0.1) is 0 Å². The zero-order valence-corrected chi connectivity index (χ0v) is 11.5. The number of fused-ring (bicyclic) bond motifs is 1. The van der Waals surface area contributed by atoms with Crippen LogP contribution in [0.1, 0.15) is 28.6 Å². The molecule has 0 spiro atoms. The Morgan fingerprint density at radius 2 is 1.75 bits per heavy atom. The predicted octanol–water partition coefficient (Wildman–Crippen LogP) is 3.33. The van der Waals surface area contributed by atoms with Crippen molar-refractivity contribution in [2.24, 2.45) is 0 Å². The zero-order valence-electron chi connectivity index (χ0n) is 11.5. The third-order valence-corrected chi connectivity index (χ3v) is 3.55. The molecule has 20 heavy (non-hydrogen) atoms. The molecule has 0 bridgehead atoms. The van der Waals surface area contributed by atoms with Crippen molar-refractivity contribution in [1.82, 2.24) is 9.97 Å². The summed E-state index contributed by atoms with van der Waals surface area (Å²) >= 11 is 0. The van der Waals surface area contributed by atoms with Crippen molar-refractivity contribution in [3.8, 4) is 0 Å². The van der Waals surface area contributed by atoms with E-state index in [9.17, 15) is 5.11 Å². The number of aliphatic hydroxyl groups excluding tert-OH is 1. The second kappa shape index (κ2) is 5.02. The molecule has 1 aromatic carbocycles. The molecule has 2 heterocycles. The third-order valence-electron chi connectivity index (χ3n) is 3.55. The Morgan fingerprint density at radius 1 is 0.950 bits per heavy atom. The molecule has 0 fully saturated rings. The predicted molar refractivity (Wildman–Crippen MR) is 79.5 cm³/mol. The number of nitrogens with zero attached hydrogens (tertiary/aromatic N) is 2. The molecule has 3 rings (SSSR count). The first-order valence-electron chi connectivity index (χ1n) is 6.61. The van der Waals surface area contributed by atoms with Crippen LogP contribution in [-0.2, 0) is 0 Å². The molecule has 0 aliphatic heterocycles. The van der Waals surface area contributed by atoms with E-state index in [1.807, 2.05) is 56.4 Å². The van der Waals surface area contributed by atoms with E-state index in [-0.39, 0.29) is 0 Å². The van der Waals surface area contributed by atoms with Crippen molar-refractivity contribution in [3.05, 3.63) is 71.3 Å². The van der Waals surface area contributed by atoms with Gasteiger partial charge in [-0.15, -0.1) is 0 Å². The number of aromatic nitrogens is 2. The van der Waals surface area contributed by atoms with Gasteiger partial charge in [0.1, 0.15) is 6.10 Å². The minimum absolute atomic E-state index is 0.707. The van der Waals surface area contributed by atoms with Crippen LogP contribution in [0.4, 0.5) is 0 Å². The first-order chi connectivity index (χ1) is 9.66. The first kappa shape index (κ1) is 12.8. The number of benzene rings is 1. The summed E-state index contributed by atoms with van der Waals surface area (Å²) < 4.78 is 0. The van der Waals surface area contributed by atoms with Crippen LogP contribution in [-0.4, -0.2) is 15.1 Å². The van der Waals surface area contributed by atoms with Gasteiger partial charge in [0, 0.05) is 40.3 Å². The number of hydrogen-bond donors (Lipinski definition) is 1. The fraction of sp³-hybridized carbons (Fsp3) is 0.176. The maximum Gasteiger partial charge on any atom is 0.108 e. The molecule has 100 valence electrons. The Kier molecular flexibility index (Phi) is 3.20. The van der Waals surface area contributed by atoms with E-state index in [4.69, 9.17) is 0 Å². The molecule has 0 saturated carbocycles. The van der Waals surface area contributed by atoms with Crippen LogP contribution in [0, 0.1) is 13.8 Å². The van der Waals surface area contributed by atoms with Crippen LogP contribution < -0.4 is 0 Å². The number of pyridine rings is 2. The van der Waals surface area contributed by atoms with Gasteiger partial charge < -0.3 is 5.11 Å². The van der Waals surface area contributed by atoms with Crippen LogP contribution in [0.5, 0.6) is 0 Å². The van der Waals surface area contributed by atoms with Gasteiger partial charge in [0.25, 0.3) is 0 Å². The van der Waals surface area contributed by atoms with E-state index in [0.29, 0.717) is 0 Å². The molecule has 2 aromatic heterocycles. The van der Waals surface area contributed by atoms with Crippen LogP contribution in [0.3, 0.4) is 0 Å². The van der Waals surface area contributed by atoms with E-state index in [1.54, 1.807) is 6.20 Å². The smallest absolute Gasteiger partial charge is 0.108 e. The van der Waals surface area contributed by atoms with Crippen LogP contribution in [0.15, 0.2) is 48.8 Å². The summed E-state index contributed by atoms with van der Waals surface area (Å²) in [6.07, 6.45) is 2.83. The van der Waals surface area contributed by atoms with Crippen molar-refractivity contribution in [1.29, 1.82) is 0 Å². The maximum absolute atomic E-state index is 10.7. The number of rotatable bonds is 2. The highest BCUT2D eigenvalue weighted by molar-refractivity contribution is 5.85. The fourth-order valence-electron chi connectivity index (χ4n) is 2.51. The number of aryl methyl sites for hydroxylation is 2. The Balaban J connectivity index is 2.15. The Morgan fingerprint density at radius 3 is 2.55 bits per heavy atom. The molecule has 0 aliphatic rings. The lowest BCUT2D eigenvalue weighted by Gasteiger charge is -2.15. The summed E-state index contributed by atoms with van der Waals surface area (Å²) in [4.78, 5) is 8.65. The van der Waals surface area contributed by atoms with Gasteiger partial charge in [-0.25, -0.2) is 0 Å². The van der Waals surface area contributed by atoms with E-state index >= 15 is 0 Å². The average molecular weight is 264 g/mol. The Hall–Kier alpha value is -2.26. The van der Waals surface area contributed by atoms with Gasteiger partial charge in [-0.1, -0.05) is 30.3 Å². The lowest BCUT2D eigenvalue weighted by atomic mass is 9.97. The second-order valence-corrected chi connectivity index (χ2v) is 4.98. The molecule has 3 nitrogen and oxygen atoms in total. The van der Waals surface area contributed by atoms with Crippen molar-refractivity contribution in [3.63, 3.8) is 0 Å². The van der Waals surface area contributed by atoms with Gasteiger partial charge >= 0.3 is 0 Å². The number of aliphatic hydroxyl groups is 1. The highest BCUT2D eigenvalue weighted by Crippen LogP contribution is 2.29. The Bertz CT molecular complexity index is 763. The summed E-state index contributed by atoms with van der Waals surface area (Å²) in [7, 11) is 0. The van der Waals surface area contributed by atoms with Gasteiger partial charge in [0.2, 0.25) is 0 Å². The maximum atomic E-state index is 10.7. The quantitative estimate of drug-likeness (QED) is 0.772. The molecular formula is C17H16N2O. The van der Waals surface area contributed by atoms with E-state index < -0.39 is 6.10 Å². The van der Waals surface area contributed by atoms with Crippen molar-refractivity contribution in [2.45, 2.75) is 20.0 Å². The van der Waals surface area contributed by atoms with Crippen LogP contribution in [0.2, 0.25) is 0 Å². The second-order valence-electron chi connectivity index (χ2n) is 4.98. The zero-order chi connectivity index (χ0) is 14.1. The fourth-order valence-corrected chi connectivity index (χ4v) is 2.51. The summed E-state index contributed by atoms with van der Waals surface area (Å²) in [5.74, 6) is 0. The largest absolute Gasteiger partial charge is 0.384 e. The lowest BCUT2D eigenvalue weighted by molar-refractivity contribution is 0.220. The van der Waals surface area contributed by atoms with Gasteiger partial charge in [-0.3, -0.25) is 9.97 Å². The normalized spacial score (nSPS) is 12.6. The van der Waals surface area contributed by atoms with Crippen LogP contribution >= 0.6 is 0 Å². The molecule has 1 unspecified atom stereocenters. The van der Waals surface area contributed by atoms with Crippen LogP contribution in [0.25, 0.3) is 10.8 Å². The molecule has 1 atom stereocenters. The molecule has 3 heteroatoms. The van der Waals surface area contributed by atoms with E-state index in [1.165, 1.54) is 0 Å². The minimum Gasteiger partial charge on any atom is -0.384 e. The molecule has 0 saturated heterocycles. The summed E-state index contributed by atoms with van der Waals surface area (Å²) in [5, 5.41) is 12.7. The molecule has 3 aromatic rings. The highest BCUT2D eigenvalue weighted by atomic mass is 16.3. The third kappa shape index (κ3) is 2.17. The van der Waals surface area contributed by atoms with Gasteiger partial charge in [0.15, 0.2) is 0 Å². The first-order valence-corrected chi connectivity index (χ1v) is 6.61. The van der Waals surface area contributed by atoms with Crippen molar-refractivity contribution in [2.75, 3.05) is 0 Å². The monoisotopic (exact) mass is 264 g/mol. The standard InChI is InChI=1S/C17H16N2O/c1-11-7-8-14(12(2)19-11)17(20)16-10-18-9-13-5-3-4-6-15(13)16/h3-10,17,20H,1-2H3. The Labute approximate surface area is 117 Å². The molecule has 0 amide bonds. The highest BCUT2D eigenvalue weighted by Gasteiger charge is 2.16. The van der Waals surface area contributed by atoms with Gasteiger partial charge in [-0.2, -0.15) is 0 Å². The topological polar surface area (TPSA) is 46.0 Å². The molecule has 1 N–H and O–H groups in total. The molecule has 0 radical (unpaired) electrons. The van der Waals surface area contributed by atoms with E-state index in [2.05, 4.69) is 9.97 Å². The van der Waals surface area contributed by atoms with Crippen molar-refractivity contribution < 1.29 is 5.11 Å².